The van der Waals surface area contributed by atoms with Crippen LogP contribution in [-0.4, -0.2) is 10.2 Å². The second kappa shape index (κ2) is 7.32. The molecule has 2 rings (SSSR count). The van der Waals surface area contributed by atoms with Crippen molar-refractivity contribution in [2.75, 3.05) is 0 Å². The molecule has 166 valence electrons. The molecule has 0 radical (unpaired) electrons. The van der Waals surface area contributed by atoms with E-state index >= 15 is 0 Å². The van der Waals surface area contributed by atoms with Crippen LogP contribution in [0.3, 0.4) is 0 Å². The van der Waals surface area contributed by atoms with Gasteiger partial charge in [-0.15, -0.1) is 0 Å². The summed E-state index contributed by atoms with van der Waals surface area (Å²) in [5, 5.41) is 23.2. The van der Waals surface area contributed by atoms with Crippen LogP contribution in [0.5, 0.6) is 11.5 Å². The number of phenolic OH excluding ortho intramolecular Hbond substituents is 2. The third-order valence-corrected chi connectivity index (χ3v) is 5.84. The first-order chi connectivity index (χ1) is 13.3. The minimum atomic E-state index is -0.214. The van der Waals surface area contributed by atoms with Gasteiger partial charge in [0.05, 0.1) is 0 Å². The van der Waals surface area contributed by atoms with Crippen molar-refractivity contribution in [3.8, 4) is 22.6 Å². The van der Waals surface area contributed by atoms with Crippen LogP contribution in [0, 0.1) is 0 Å². The summed E-state index contributed by atoms with van der Waals surface area (Å²) in [6.07, 6.45) is 0. The normalized spacial score (nSPS) is 13.6. The average Bonchev–Trinajstić information content (AvgIpc) is 2.50. The third-order valence-electron chi connectivity index (χ3n) is 5.84. The van der Waals surface area contributed by atoms with Crippen LogP contribution in [0.25, 0.3) is 11.1 Å². The molecule has 0 unspecified atom stereocenters. The van der Waals surface area contributed by atoms with E-state index in [-0.39, 0.29) is 33.2 Å². The van der Waals surface area contributed by atoms with E-state index in [1.54, 1.807) is 0 Å². The molecular formula is C28H42O2. The highest BCUT2D eigenvalue weighted by atomic mass is 16.3. The Labute approximate surface area is 184 Å². The van der Waals surface area contributed by atoms with E-state index in [0.29, 0.717) is 0 Å². The minimum absolute atomic E-state index is 0.192. The van der Waals surface area contributed by atoms with Crippen LogP contribution < -0.4 is 0 Å². The predicted octanol–water partition coefficient (Wildman–Crippen LogP) is 7.95. The van der Waals surface area contributed by atoms with Crippen molar-refractivity contribution in [2.45, 2.75) is 105 Å². The molecule has 0 heterocycles. The third kappa shape index (κ3) is 4.53. The maximum atomic E-state index is 11.6. The second-order valence-electron chi connectivity index (χ2n) is 12.8. The summed E-state index contributed by atoms with van der Waals surface area (Å²) in [5.74, 6) is 0.559. The van der Waals surface area contributed by atoms with Gasteiger partial charge in [-0.3, -0.25) is 0 Å². The van der Waals surface area contributed by atoms with Gasteiger partial charge in [0.2, 0.25) is 0 Å². The van der Waals surface area contributed by atoms with Gasteiger partial charge >= 0.3 is 0 Å². The molecule has 0 aliphatic rings. The number of hydrogen-bond donors (Lipinski definition) is 2. The summed E-state index contributed by atoms with van der Waals surface area (Å²) in [4.78, 5) is 0. The zero-order valence-corrected chi connectivity index (χ0v) is 21.2. The van der Waals surface area contributed by atoms with Crippen LogP contribution in [0.15, 0.2) is 24.3 Å². The van der Waals surface area contributed by atoms with E-state index in [1.165, 1.54) is 0 Å². The molecule has 0 aliphatic carbocycles. The molecule has 0 aromatic heterocycles. The van der Waals surface area contributed by atoms with Gasteiger partial charge < -0.3 is 10.2 Å². The van der Waals surface area contributed by atoms with Gasteiger partial charge in [-0.05, 0) is 43.9 Å². The molecule has 0 bridgehead atoms. The van der Waals surface area contributed by atoms with Gasteiger partial charge in [-0.25, -0.2) is 0 Å². The van der Waals surface area contributed by atoms with Crippen LogP contribution in [0.1, 0.15) is 105 Å². The summed E-state index contributed by atoms with van der Waals surface area (Å²) in [6, 6.07) is 8.35. The lowest BCUT2D eigenvalue weighted by molar-refractivity contribution is 0.436. The molecule has 2 aromatic carbocycles. The Morgan fingerprint density at radius 2 is 0.600 bits per heavy atom. The number of aromatic hydroxyl groups is 2. The molecule has 30 heavy (non-hydrogen) atoms. The Hall–Kier alpha value is -1.96. The second-order valence-corrected chi connectivity index (χ2v) is 12.8. The fourth-order valence-electron chi connectivity index (χ4n) is 4.15. The molecule has 0 aliphatic heterocycles. The van der Waals surface area contributed by atoms with E-state index in [0.717, 1.165) is 33.4 Å². The van der Waals surface area contributed by atoms with E-state index < -0.39 is 0 Å². The van der Waals surface area contributed by atoms with Crippen LogP contribution in [0.4, 0.5) is 0 Å². The van der Waals surface area contributed by atoms with Crippen LogP contribution in [0.2, 0.25) is 0 Å². The molecular weight excluding hydrogens is 368 g/mol. The first kappa shape index (κ1) is 24.3. The summed E-state index contributed by atoms with van der Waals surface area (Å²) in [6.45, 7) is 25.6. The SMILES string of the molecule is CC(C)(C)c1ccc(C(C)(C)C)c(-c2c(C(C)(C)C)ccc(C(C)(C)C)c2O)c1O. The first-order valence-corrected chi connectivity index (χ1v) is 11.0. The highest BCUT2D eigenvalue weighted by Gasteiger charge is 2.33. The van der Waals surface area contributed by atoms with E-state index in [4.69, 9.17) is 0 Å². The van der Waals surface area contributed by atoms with Gasteiger partial charge in [-0.1, -0.05) is 107 Å². The maximum absolute atomic E-state index is 11.6. The molecule has 0 atom stereocenters. The highest BCUT2D eigenvalue weighted by Crippen LogP contribution is 2.52. The van der Waals surface area contributed by atoms with Crippen molar-refractivity contribution < 1.29 is 10.2 Å². The monoisotopic (exact) mass is 410 g/mol. The fourth-order valence-corrected chi connectivity index (χ4v) is 4.15. The Balaban J connectivity index is 3.16. The molecule has 0 amide bonds. The molecule has 2 heteroatoms. The summed E-state index contributed by atoms with van der Waals surface area (Å²) < 4.78 is 0. The first-order valence-electron chi connectivity index (χ1n) is 11.0. The van der Waals surface area contributed by atoms with Crippen molar-refractivity contribution in [3.63, 3.8) is 0 Å². The molecule has 0 spiro atoms. The standard InChI is InChI=1S/C28H42O2/c1-25(2,3)17-13-15-19(27(7,8)9)23(29)21(17)22-18(26(4,5)6)14-16-20(24(22)30)28(10,11)12/h13-16,29-30H,1-12H3. The van der Waals surface area contributed by atoms with Crippen molar-refractivity contribution in [3.05, 3.63) is 46.5 Å². The van der Waals surface area contributed by atoms with Gasteiger partial charge in [0, 0.05) is 11.1 Å². The van der Waals surface area contributed by atoms with Crippen molar-refractivity contribution >= 4 is 0 Å². The minimum Gasteiger partial charge on any atom is -0.507 e. The quantitative estimate of drug-likeness (QED) is 0.500. The number of hydrogen-bond acceptors (Lipinski definition) is 2. The van der Waals surface area contributed by atoms with Crippen molar-refractivity contribution in [1.82, 2.24) is 0 Å². The number of phenols is 2. The van der Waals surface area contributed by atoms with Crippen molar-refractivity contribution in [2.24, 2.45) is 0 Å². The fraction of sp³-hybridized carbons (Fsp3) is 0.571. The van der Waals surface area contributed by atoms with E-state index in [2.05, 4.69) is 95.2 Å². The number of benzene rings is 2. The zero-order valence-electron chi connectivity index (χ0n) is 21.2. The Bertz CT molecular complexity index is 858. The Morgan fingerprint density at radius 3 is 0.800 bits per heavy atom. The van der Waals surface area contributed by atoms with Gasteiger partial charge in [-0.2, -0.15) is 0 Å². The zero-order chi connectivity index (χ0) is 23.4. The summed E-state index contributed by atoms with van der Waals surface area (Å²) in [5.41, 5.74) is 4.59. The molecule has 2 nitrogen and oxygen atoms in total. The van der Waals surface area contributed by atoms with Gasteiger partial charge in [0.25, 0.3) is 0 Å². The molecule has 0 saturated heterocycles. The maximum Gasteiger partial charge on any atom is 0.127 e. The predicted molar refractivity (Wildman–Crippen MR) is 130 cm³/mol. The van der Waals surface area contributed by atoms with Gasteiger partial charge in [0.1, 0.15) is 11.5 Å². The van der Waals surface area contributed by atoms with E-state index in [9.17, 15) is 10.2 Å². The molecule has 0 fully saturated rings. The molecule has 2 N–H and O–H groups in total. The lowest BCUT2D eigenvalue weighted by atomic mass is 9.72. The highest BCUT2D eigenvalue weighted by molar-refractivity contribution is 5.85. The van der Waals surface area contributed by atoms with E-state index in [1.807, 2.05) is 12.1 Å². The largest absolute Gasteiger partial charge is 0.507 e. The lowest BCUT2D eigenvalue weighted by Crippen LogP contribution is -2.20. The van der Waals surface area contributed by atoms with Crippen LogP contribution >= 0.6 is 0 Å². The number of rotatable bonds is 1. The molecule has 2 aromatic rings. The topological polar surface area (TPSA) is 40.5 Å². The average molecular weight is 411 g/mol. The van der Waals surface area contributed by atoms with Gasteiger partial charge in [0.15, 0.2) is 0 Å². The Morgan fingerprint density at radius 1 is 0.400 bits per heavy atom. The molecule has 0 saturated carbocycles. The lowest BCUT2D eigenvalue weighted by Gasteiger charge is -2.33. The van der Waals surface area contributed by atoms with Crippen LogP contribution in [-0.2, 0) is 21.7 Å². The smallest absolute Gasteiger partial charge is 0.127 e. The summed E-state index contributed by atoms with van der Waals surface area (Å²) >= 11 is 0. The van der Waals surface area contributed by atoms with Crippen molar-refractivity contribution in [1.29, 1.82) is 0 Å². The summed E-state index contributed by atoms with van der Waals surface area (Å²) in [7, 11) is 0. The Kier molecular flexibility index (Phi) is 5.93.